The zero-order valence-corrected chi connectivity index (χ0v) is 21.0. The van der Waals surface area contributed by atoms with Gasteiger partial charge in [-0.05, 0) is 47.4 Å². The Morgan fingerprint density at radius 1 is 0.750 bits per heavy atom. The van der Waals surface area contributed by atoms with Crippen molar-refractivity contribution in [2.24, 2.45) is 10.8 Å². The molecule has 0 aromatic heterocycles. The molecule has 0 amide bonds. The number of rotatable bonds is 2. The number of anilines is 1. The molecule has 2 aromatic rings. The summed E-state index contributed by atoms with van der Waals surface area (Å²) in [6, 6.07) is 14.8. The Balaban J connectivity index is 1.83. The van der Waals surface area contributed by atoms with Crippen LogP contribution in [-0.2, 0) is 15.8 Å². The fourth-order valence-electron chi connectivity index (χ4n) is 6.08. The van der Waals surface area contributed by atoms with Crippen molar-refractivity contribution in [2.75, 3.05) is 4.90 Å². The number of carbonyl (C=O) groups excluding carboxylic acids is 2. The molecule has 3 nitrogen and oxygen atoms in total. The molecule has 0 radical (unpaired) electrons. The van der Waals surface area contributed by atoms with E-state index in [-0.39, 0.29) is 22.4 Å². The lowest BCUT2D eigenvalue weighted by molar-refractivity contribution is -0.137. The van der Waals surface area contributed by atoms with E-state index in [9.17, 15) is 22.8 Å². The first-order chi connectivity index (χ1) is 16.8. The van der Waals surface area contributed by atoms with Gasteiger partial charge < -0.3 is 4.90 Å². The van der Waals surface area contributed by atoms with E-state index in [1.165, 1.54) is 6.07 Å². The molecule has 0 fully saturated rings. The van der Waals surface area contributed by atoms with Crippen molar-refractivity contribution < 1.29 is 22.8 Å². The molecule has 0 atom stereocenters. The molecule has 0 spiro atoms. The number of alkyl halides is 3. The number of benzene rings is 2. The van der Waals surface area contributed by atoms with E-state index in [1.807, 2.05) is 62.9 Å². The van der Waals surface area contributed by atoms with Gasteiger partial charge in [0.15, 0.2) is 11.6 Å². The Labute approximate surface area is 209 Å². The Kier molecular flexibility index (Phi) is 5.58. The maximum atomic E-state index is 13.7. The van der Waals surface area contributed by atoms with Gasteiger partial charge in [-0.1, -0.05) is 64.1 Å². The largest absolute Gasteiger partial charge is 0.416 e. The van der Waals surface area contributed by atoms with Gasteiger partial charge in [0.25, 0.3) is 0 Å². The average Bonchev–Trinajstić information content (AvgIpc) is 2.76. The zero-order valence-electron chi connectivity index (χ0n) is 21.0. The van der Waals surface area contributed by atoms with Crippen LogP contribution in [0.2, 0.25) is 0 Å². The predicted octanol–water partition coefficient (Wildman–Crippen LogP) is 7.60. The molecule has 0 saturated heterocycles. The summed E-state index contributed by atoms with van der Waals surface area (Å²) in [6.07, 6.45) is -2.80. The maximum absolute atomic E-state index is 13.7. The van der Waals surface area contributed by atoms with Crippen molar-refractivity contribution in [1.82, 2.24) is 0 Å². The molecule has 3 aliphatic rings. The van der Waals surface area contributed by atoms with Gasteiger partial charge in [0.1, 0.15) is 0 Å². The van der Waals surface area contributed by atoms with E-state index in [2.05, 4.69) is 0 Å². The van der Waals surface area contributed by atoms with E-state index in [4.69, 9.17) is 0 Å². The van der Waals surface area contributed by atoms with Gasteiger partial charge in [-0.2, -0.15) is 13.2 Å². The Morgan fingerprint density at radius 3 is 1.78 bits per heavy atom. The topological polar surface area (TPSA) is 37.4 Å². The quantitative estimate of drug-likeness (QED) is 0.432. The monoisotopic (exact) mass is 493 g/mol. The third-order valence-electron chi connectivity index (χ3n) is 7.47. The molecular weight excluding hydrogens is 463 g/mol. The van der Waals surface area contributed by atoms with Crippen LogP contribution in [0.5, 0.6) is 0 Å². The molecule has 2 aromatic carbocycles. The minimum absolute atomic E-state index is 0.0451. The number of nitrogens with zero attached hydrogens (tertiary/aromatic N) is 1. The second-order valence-corrected chi connectivity index (χ2v) is 11.8. The normalized spacial score (nSPS) is 22.0. The summed E-state index contributed by atoms with van der Waals surface area (Å²) in [5.41, 5.74) is 2.26. The number of ketones is 2. The van der Waals surface area contributed by atoms with E-state index in [0.29, 0.717) is 53.9 Å². The molecule has 188 valence electrons. The first kappa shape index (κ1) is 24.5. The average molecular weight is 494 g/mol. The molecular formula is C30H30F3NO2. The van der Waals surface area contributed by atoms with Crippen molar-refractivity contribution >= 4 is 17.3 Å². The first-order valence-corrected chi connectivity index (χ1v) is 12.3. The lowest BCUT2D eigenvalue weighted by Gasteiger charge is -2.49. The van der Waals surface area contributed by atoms with Crippen molar-refractivity contribution in [3.8, 4) is 0 Å². The van der Waals surface area contributed by atoms with Crippen LogP contribution in [0.1, 0.15) is 70.4 Å². The van der Waals surface area contributed by atoms with Crippen LogP contribution in [0, 0.1) is 10.8 Å². The summed E-state index contributed by atoms with van der Waals surface area (Å²) in [6.45, 7) is 8.04. The van der Waals surface area contributed by atoms with E-state index < -0.39 is 17.7 Å². The van der Waals surface area contributed by atoms with Crippen molar-refractivity contribution in [3.05, 3.63) is 88.3 Å². The standard InChI is InChI=1S/C30H30F3NO2/c1-28(2)14-21-26(23(35)16-28)25(18-9-6-5-7-10-18)27-22(15-29(3,4)17-24(27)36)34(21)20-12-8-11-19(13-20)30(31,32)33/h5-13,25H,14-17H2,1-4H3. The van der Waals surface area contributed by atoms with Crippen molar-refractivity contribution in [3.63, 3.8) is 0 Å². The Bertz CT molecular complexity index is 1260. The smallest absolute Gasteiger partial charge is 0.317 e. The fourth-order valence-corrected chi connectivity index (χ4v) is 6.08. The lowest BCUT2D eigenvalue weighted by atomic mass is 9.63. The summed E-state index contributed by atoms with van der Waals surface area (Å²) in [4.78, 5) is 29.3. The van der Waals surface area contributed by atoms with E-state index in [1.54, 1.807) is 6.07 Å². The molecule has 6 heteroatoms. The molecule has 0 saturated carbocycles. The summed E-state index contributed by atoms with van der Waals surface area (Å²) in [5.74, 6) is -0.599. The number of hydrogen-bond acceptors (Lipinski definition) is 3. The van der Waals surface area contributed by atoms with Crippen LogP contribution in [0.25, 0.3) is 0 Å². The third kappa shape index (κ3) is 4.21. The van der Waals surface area contributed by atoms with Gasteiger partial charge in [-0.25, -0.2) is 0 Å². The molecule has 0 unspecified atom stereocenters. The van der Waals surface area contributed by atoms with Gasteiger partial charge in [0, 0.05) is 47.0 Å². The summed E-state index contributed by atoms with van der Waals surface area (Å²) in [5, 5.41) is 0. The third-order valence-corrected chi connectivity index (χ3v) is 7.47. The number of halogens is 3. The van der Waals surface area contributed by atoms with Crippen LogP contribution in [0.3, 0.4) is 0 Å². The second kappa shape index (κ2) is 8.19. The van der Waals surface area contributed by atoms with Crippen molar-refractivity contribution in [2.45, 2.75) is 65.5 Å². The van der Waals surface area contributed by atoms with Gasteiger partial charge in [0.2, 0.25) is 0 Å². The van der Waals surface area contributed by atoms with Crippen LogP contribution < -0.4 is 4.90 Å². The fraction of sp³-hybridized carbons (Fsp3) is 0.400. The molecule has 2 aliphatic carbocycles. The number of carbonyl (C=O) groups is 2. The maximum Gasteiger partial charge on any atom is 0.416 e. The highest BCUT2D eigenvalue weighted by Crippen LogP contribution is 2.55. The van der Waals surface area contributed by atoms with Gasteiger partial charge >= 0.3 is 6.18 Å². The van der Waals surface area contributed by atoms with Crippen LogP contribution in [-0.4, -0.2) is 11.6 Å². The highest BCUT2D eigenvalue weighted by Gasteiger charge is 2.49. The van der Waals surface area contributed by atoms with Gasteiger partial charge in [-0.3, -0.25) is 9.59 Å². The number of hydrogen-bond donors (Lipinski definition) is 0. The Morgan fingerprint density at radius 2 is 1.28 bits per heavy atom. The van der Waals surface area contributed by atoms with Crippen LogP contribution >= 0.6 is 0 Å². The predicted molar refractivity (Wildman–Crippen MR) is 133 cm³/mol. The zero-order chi connectivity index (χ0) is 26.0. The molecule has 0 N–H and O–H groups in total. The molecule has 0 bridgehead atoms. The summed E-state index contributed by atoms with van der Waals surface area (Å²) < 4.78 is 41.1. The molecule has 5 rings (SSSR count). The van der Waals surface area contributed by atoms with E-state index >= 15 is 0 Å². The van der Waals surface area contributed by atoms with Gasteiger partial charge in [-0.15, -0.1) is 0 Å². The lowest BCUT2D eigenvalue weighted by Crippen LogP contribution is -2.44. The Hall–Kier alpha value is -3.15. The highest BCUT2D eigenvalue weighted by atomic mass is 19.4. The van der Waals surface area contributed by atoms with Crippen LogP contribution in [0.4, 0.5) is 18.9 Å². The second-order valence-electron chi connectivity index (χ2n) is 11.8. The van der Waals surface area contributed by atoms with E-state index in [0.717, 1.165) is 17.7 Å². The first-order valence-electron chi connectivity index (χ1n) is 12.3. The molecule has 1 heterocycles. The van der Waals surface area contributed by atoms with Crippen LogP contribution in [0.15, 0.2) is 77.1 Å². The number of allylic oxidation sites excluding steroid dienone is 4. The molecule has 36 heavy (non-hydrogen) atoms. The molecule has 1 aliphatic heterocycles. The minimum Gasteiger partial charge on any atom is -0.317 e. The van der Waals surface area contributed by atoms with Crippen molar-refractivity contribution in [1.29, 1.82) is 0 Å². The summed E-state index contributed by atoms with van der Waals surface area (Å²) >= 11 is 0. The number of Topliss-reactive ketones (excluding diaryl/α,β-unsaturated/α-hetero) is 2. The summed E-state index contributed by atoms with van der Waals surface area (Å²) in [7, 11) is 0. The SMILES string of the molecule is CC1(C)CC(=O)C2=C(C1)N(c1cccc(C(F)(F)F)c1)C1=C(C(=O)CC(C)(C)C1)C2c1ccccc1. The van der Waals surface area contributed by atoms with Gasteiger partial charge in [0.05, 0.1) is 5.56 Å². The highest BCUT2D eigenvalue weighted by molar-refractivity contribution is 6.08. The minimum atomic E-state index is -4.50.